The number of ether oxygens (including phenoxy) is 6. The molecule has 4 unspecified atom stereocenters. The third-order valence-electron chi connectivity index (χ3n) is 9.58. The van der Waals surface area contributed by atoms with Crippen LogP contribution in [0.2, 0.25) is 0 Å². The lowest BCUT2D eigenvalue weighted by Crippen LogP contribution is -2.66. The van der Waals surface area contributed by atoms with Crippen molar-refractivity contribution in [2.45, 2.75) is 95.8 Å². The molecule has 200 valence electrons. The van der Waals surface area contributed by atoms with E-state index in [0.29, 0.717) is 19.4 Å². The lowest BCUT2D eigenvalue weighted by molar-refractivity contribution is -0.232. The van der Waals surface area contributed by atoms with E-state index in [4.69, 9.17) is 28.4 Å². The molecule has 1 saturated carbocycles. The summed E-state index contributed by atoms with van der Waals surface area (Å²) in [6.07, 6.45) is 11.3. The van der Waals surface area contributed by atoms with E-state index >= 15 is 0 Å². The fourth-order valence-corrected chi connectivity index (χ4v) is 7.32. The molecule has 2 spiro atoms. The first-order valence-electron chi connectivity index (χ1n) is 13.3. The number of carbonyl (C=O) groups is 2. The number of esters is 2. The van der Waals surface area contributed by atoms with Crippen molar-refractivity contribution in [2.75, 3.05) is 13.2 Å². The van der Waals surface area contributed by atoms with Crippen molar-refractivity contribution in [3.8, 4) is 0 Å². The number of cyclic esters (lactones) is 1. The quantitative estimate of drug-likeness (QED) is 0.276. The first kappa shape index (κ1) is 25.0. The van der Waals surface area contributed by atoms with Gasteiger partial charge in [-0.1, -0.05) is 42.4 Å². The first-order chi connectivity index (χ1) is 17.7. The molecule has 0 aromatic heterocycles. The molecule has 0 N–H and O–H groups in total. The molecule has 0 radical (unpaired) electrons. The van der Waals surface area contributed by atoms with Crippen LogP contribution in [0.4, 0.5) is 0 Å². The summed E-state index contributed by atoms with van der Waals surface area (Å²) in [6.45, 7) is 8.77. The molecule has 8 heteroatoms. The van der Waals surface area contributed by atoms with Gasteiger partial charge in [0.2, 0.25) is 0 Å². The molecule has 37 heavy (non-hydrogen) atoms. The van der Waals surface area contributed by atoms with Gasteiger partial charge in [0.25, 0.3) is 0 Å². The highest BCUT2D eigenvalue weighted by atomic mass is 16.7. The summed E-state index contributed by atoms with van der Waals surface area (Å²) in [4.78, 5) is 26.0. The molecular formula is C29H36O8. The van der Waals surface area contributed by atoms with E-state index in [1.54, 1.807) is 12.2 Å². The van der Waals surface area contributed by atoms with Gasteiger partial charge in [-0.05, 0) is 33.6 Å². The van der Waals surface area contributed by atoms with Crippen LogP contribution in [0.25, 0.3) is 0 Å². The maximum atomic E-state index is 13.0. The Morgan fingerprint density at radius 1 is 0.973 bits per heavy atom. The van der Waals surface area contributed by atoms with Crippen molar-refractivity contribution in [1.29, 1.82) is 0 Å². The summed E-state index contributed by atoms with van der Waals surface area (Å²) < 4.78 is 36.8. The van der Waals surface area contributed by atoms with Gasteiger partial charge in [0.1, 0.15) is 24.4 Å². The number of epoxide rings is 1. The van der Waals surface area contributed by atoms with E-state index in [9.17, 15) is 9.59 Å². The fraction of sp³-hybridized carbons (Fsp3) is 0.655. The number of allylic oxidation sites excluding steroid dienone is 3. The van der Waals surface area contributed by atoms with Crippen LogP contribution in [0, 0.1) is 10.8 Å². The Labute approximate surface area is 217 Å². The molecule has 3 saturated heterocycles. The number of rotatable bonds is 0. The molecule has 9 atom stereocenters. The highest BCUT2D eigenvalue weighted by molar-refractivity contribution is 5.83. The van der Waals surface area contributed by atoms with Crippen LogP contribution in [-0.2, 0) is 38.0 Å². The monoisotopic (exact) mass is 512 g/mol. The third kappa shape index (κ3) is 3.87. The van der Waals surface area contributed by atoms with Crippen molar-refractivity contribution in [3.05, 3.63) is 47.6 Å². The second-order valence-corrected chi connectivity index (χ2v) is 11.7. The topological polar surface area (TPSA) is 92.8 Å². The fourth-order valence-electron chi connectivity index (χ4n) is 7.32. The van der Waals surface area contributed by atoms with Crippen molar-refractivity contribution < 1.29 is 38.0 Å². The van der Waals surface area contributed by atoms with E-state index < -0.39 is 40.8 Å². The summed E-state index contributed by atoms with van der Waals surface area (Å²) in [5.41, 5.74) is 0.362. The zero-order chi connectivity index (χ0) is 26.0. The third-order valence-corrected chi connectivity index (χ3v) is 9.58. The Balaban J connectivity index is 1.37. The van der Waals surface area contributed by atoms with Crippen molar-refractivity contribution in [1.82, 2.24) is 0 Å². The molecule has 8 nitrogen and oxygen atoms in total. The van der Waals surface area contributed by atoms with Crippen molar-refractivity contribution >= 4 is 11.9 Å². The maximum absolute atomic E-state index is 13.0. The molecule has 2 aliphatic carbocycles. The van der Waals surface area contributed by atoms with Crippen LogP contribution in [0.15, 0.2) is 47.6 Å². The Morgan fingerprint density at radius 3 is 2.57 bits per heavy atom. The van der Waals surface area contributed by atoms with Gasteiger partial charge in [-0.2, -0.15) is 0 Å². The van der Waals surface area contributed by atoms with Crippen LogP contribution < -0.4 is 0 Å². The Hall–Kier alpha value is -2.26. The van der Waals surface area contributed by atoms with Gasteiger partial charge in [-0.25, -0.2) is 9.59 Å². The number of carbonyl (C=O) groups excluding carboxylic acids is 2. The minimum absolute atomic E-state index is 0.147. The molecular weight excluding hydrogens is 476 g/mol. The van der Waals surface area contributed by atoms with Gasteiger partial charge in [0, 0.05) is 30.4 Å². The predicted octanol–water partition coefficient (Wildman–Crippen LogP) is 3.71. The number of hydrogen-bond donors (Lipinski definition) is 0. The molecule has 0 amide bonds. The zero-order valence-corrected chi connectivity index (χ0v) is 21.9. The second kappa shape index (κ2) is 8.90. The average Bonchev–Trinajstić information content (AvgIpc) is 3.54. The first-order valence-corrected chi connectivity index (χ1v) is 13.3. The van der Waals surface area contributed by atoms with E-state index in [2.05, 4.69) is 19.9 Å². The molecule has 0 aromatic rings. The molecule has 4 fully saturated rings. The Bertz CT molecular complexity index is 1100. The van der Waals surface area contributed by atoms with E-state index in [1.807, 2.05) is 19.9 Å². The van der Waals surface area contributed by atoms with Gasteiger partial charge in [-0.15, -0.1) is 0 Å². The smallest absolute Gasteiger partial charge is 0.331 e. The van der Waals surface area contributed by atoms with Crippen molar-refractivity contribution in [3.63, 3.8) is 0 Å². The van der Waals surface area contributed by atoms with E-state index in [0.717, 1.165) is 18.4 Å². The number of fused-ring (bicyclic) bond motifs is 2. The summed E-state index contributed by atoms with van der Waals surface area (Å²) in [6, 6.07) is 0. The summed E-state index contributed by atoms with van der Waals surface area (Å²) >= 11 is 0. The Kier molecular flexibility index (Phi) is 6.02. The second-order valence-electron chi connectivity index (χ2n) is 11.7. The molecule has 6 rings (SSSR count). The zero-order valence-electron chi connectivity index (χ0n) is 21.9. The molecule has 6 aliphatic rings. The van der Waals surface area contributed by atoms with Gasteiger partial charge < -0.3 is 28.4 Å². The molecule has 0 aromatic carbocycles. The number of hydrogen-bond acceptors (Lipinski definition) is 8. The minimum atomic E-state index is -0.590. The minimum Gasteiger partial charge on any atom is -0.462 e. The average molecular weight is 513 g/mol. The SMILES string of the molecule is CC1=C[C@H]2O[C@@H]3C[C@H]4OC(=O)/C=C\C=C\C5OC(C/C(C)=C\C(=O)OC[C@@]2(CC1)[C@]4(C)C31CO1)OC5C. The Morgan fingerprint density at radius 2 is 1.78 bits per heavy atom. The highest BCUT2D eigenvalue weighted by Crippen LogP contribution is 2.72. The molecule has 4 heterocycles. The van der Waals surface area contributed by atoms with Gasteiger partial charge in [0.05, 0.1) is 30.3 Å². The van der Waals surface area contributed by atoms with Gasteiger partial charge in [0.15, 0.2) is 6.29 Å². The normalized spacial score (nSPS) is 50.5. The predicted molar refractivity (Wildman–Crippen MR) is 132 cm³/mol. The van der Waals surface area contributed by atoms with Crippen LogP contribution in [0.1, 0.15) is 53.4 Å². The van der Waals surface area contributed by atoms with Gasteiger partial charge >= 0.3 is 11.9 Å². The van der Waals surface area contributed by atoms with Crippen LogP contribution >= 0.6 is 0 Å². The van der Waals surface area contributed by atoms with Gasteiger partial charge in [-0.3, -0.25) is 0 Å². The van der Waals surface area contributed by atoms with E-state index in [-0.39, 0.29) is 31.0 Å². The van der Waals surface area contributed by atoms with E-state index in [1.165, 1.54) is 17.7 Å². The lowest BCUT2D eigenvalue weighted by Gasteiger charge is -2.58. The molecule has 4 bridgehead atoms. The van der Waals surface area contributed by atoms with Crippen LogP contribution in [0.5, 0.6) is 0 Å². The van der Waals surface area contributed by atoms with Crippen LogP contribution in [0.3, 0.4) is 0 Å². The largest absolute Gasteiger partial charge is 0.462 e. The van der Waals surface area contributed by atoms with Crippen molar-refractivity contribution in [2.24, 2.45) is 10.8 Å². The lowest BCUT2D eigenvalue weighted by atomic mass is 9.51. The molecule has 4 aliphatic heterocycles. The summed E-state index contributed by atoms with van der Waals surface area (Å²) in [5, 5.41) is 0. The highest BCUT2D eigenvalue weighted by Gasteiger charge is 2.83. The summed E-state index contributed by atoms with van der Waals surface area (Å²) in [7, 11) is 0. The standard InChI is InChI=1S/C29H36O8/c1-17-9-10-28-15-32-25(31)12-18(2)13-26-34-19(3)20(35-26)7-5-6-8-24(30)37-21-14-23(36-22(28)11-17)29(16-33-29)27(21,28)4/h5-8,11-12,19-23,26H,9-10,13-16H2,1-4H3/b7-5+,8-6-,18-12-/t19?,20?,21-,22-,23-,26?,27-,28-,29?/m1/s1. The maximum Gasteiger partial charge on any atom is 0.331 e. The summed E-state index contributed by atoms with van der Waals surface area (Å²) in [5.74, 6) is -0.828. The van der Waals surface area contributed by atoms with Crippen LogP contribution in [-0.4, -0.2) is 67.6 Å².